The number of unbranched alkanes of at least 4 members (excludes halogenated alkanes) is 3. The van der Waals surface area contributed by atoms with Crippen molar-refractivity contribution in [2.75, 3.05) is 20.7 Å². The summed E-state index contributed by atoms with van der Waals surface area (Å²) in [5.74, 6) is -0.543. The average Bonchev–Trinajstić information content (AvgIpc) is 2.77. The molecule has 0 heterocycles. The SMILES string of the molecule is CCCCCCOc1ccc(C(=O)NNC(=O)c2ccc(Cl)c(S(=O)(=O)N(C)C)c2)cc1. The van der Waals surface area contributed by atoms with Crippen molar-refractivity contribution in [2.45, 2.75) is 37.5 Å². The third-order valence-electron chi connectivity index (χ3n) is 4.62. The molecular formula is C22H28ClN3O5S. The van der Waals surface area contributed by atoms with Crippen LogP contribution in [0.3, 0.4) is 0 Å². The van der Waals surface area contributed by atoms with Gasteiger partial charge in [0.05, 0.1) is 11.6 Å². The molecule has 0 bridgehead atoms. The lowest BCUT2D eigenvalue weighted by Gasteiger charge is -2.14. The Labute approximate surface area is 193 Å². The molecule has 2 amide bonds. The second kappa shape index (κ2) is 11.8. The van der Waals surface area contributed by atoms with Gasteiger partial charge in [0.2, 0.25) is 10.0 Å². The largest absolute Gasteiger partial charge is 0.494 e. The molecular weight excluding hydrogens is 454 g/mol. The number of hydrazine groups is 1. The highest BCUT2D eigenvalue weighted by molar-refractivity contribution is 7.89. The Kier molecular flexibility index (Phi) is 9.49. The number of hydrogen-bond donors (Lipinski definition) is 2. The molecule has 10 heteroatoms. The molecule has 32 heavy (non-hydrogen) atoms. The molecule has 0 aliphatic rings. The first-order valence-corrected chi connectivity index (χ1v) is 12.0. The van der Waals surface area contributed by atoms with Gasteiger partial charge in [0.15, 0.2) is 0 Å². The van der Waals surface area contributed by atoms with Gasteiger partial charge in [-0.25, -0.2) is 12.7 Å². The molecule has 0 atom stereocenters. The molecule has 0 aliphatic heterocycles. The minimum absolute atomic E-state index is 0.00745. The number of carbonyl (C=O) groups is 2. The van der Waals surface area contributed by atoms with E-state index in [2.05, 4.69) is 17.8 Å². The molecule has 174 valence electrons. The number of carbonyl (C=O) groups excluding carboxylic acids is 2. The van der Waals surface area contributed by atoms with E-state index in [9.17, 15) is 18.0 Å². The van der Waals surface area contributed by atoms with E-state index >= 15 is 0 Å². The molecule has 0 fully saturated rings. The average molecular weight is 482 g/mol. The first kappa shape index (κ1) is 25.6. The van der Waals surface area contributed by atoms with Gasteiger partial charge >= 0.3 is 0 Å². The first-order chi connectivity index (χ1) is 15.2. The number of benzene rings is 2. The maximum atomic E-state index is 12.4. The van der Waals surface area contributed by atoms with Crippen LogP contribution in [0, 0.1) is 0 Å². The summed E-state index contributed by atoms with van der Waals surface area (Å²) in [4.78, 5) is 24.5. The maximum absolute atomic E-state index is 12.4. The van der Waals surface area contributed by atoms with Crippen LogP contribution < -0.4 is 15.6 Å². The second-order valence-corrected chi connectivity index (χ2v) is 9.80. The quantitative estimate of drug-likeness (QED) is 0.398. The molecule has 0 spiro atoms. The van der Waals surface area contributed by atoms with Crippen LogP contribution in [0.15, 0.2) is 47.4 Å². The lowest BCUT2D eigenvalue weighted by atomic mass is 10.2. The van der Waals surface area contributed by atoms with E-state index in [1.807, 2.05) is 0 Å². The molecule has 0 saturated heterocycles. The van der Waals surface area contributed by atoms with Crippen LogP contribution in [0.5, 0.6) is 5.75 Å². The van der Waals surface area contributed by atoms with E-state index in [0.29, 0.717) is 17.9 Å². The number of hydrogen-bond acceptors (Lipinski definition) is 5. The van der Waals surface area contributed by atoms with Gasteiger partial charge in [0.25, 0.3) is 11.8 Å². The summed E-state index contributed by atoms with van der Waals surface area (Å²) in [5, 5.41) is -0.00745. The minimum Gasteiger partial charge on any atom is -0.494 e. The monoisotopic (exact) mass is 481 g/mol. The molecule has 0 aliphatic carbocycles. The Morgan fingerprint density at radius 2 is 1.53 bits per heavy atom. The van der Waals surface area contributed by atoms with Gasteiger partial charge < -0.3 is 4.74 Å². The smallest absolute Gasteiger partial charge is 0.269 e. The van der Waals surface area contributed by atoms with Crippen LogP contribution in [0.4, 0.5) is 0 Å². The number of amides is 2. The molecule has 0 saturated carbocycles. The fraction of sp³-hybridized carbons (Fsp3) is 0.364. The standard InChI is InChI=1S/C22H28ClN3O5S/c1-4-5-6-7-14-31-18-11-8-16(9-12-18)21(27)24-25-22(28)17-10-13-19(23)20(15-17)32(29,30)26(2)3/h8-13,15H,4-7,14H2,1-3H3,(H,24,27)(H,25,28). The van der Waals surface area contributed by atoms with E-state index in [0.717, 1.165) is 29.6 Å². The molecule has 2 N–H and O–H groups in total. The predicted molar refractivity (Wildman–Crippen MR) is 123 cm³/mol. The highest BCUT2D eigenvalue weighted by atomic mass is 35.5. The first-order valence-electron chi connectivity index (χ1n) is 10.2. The summed E-state index contributed by atoms with van der Waals surface area (Å²) >= 11 is 5.99. The van der Waals surface area contributed by atoms with Crippen molar-refractivity contribution >= 4 is 33.4 Å². The minimum atomic E-state index is -3.83. The fourth-order valence-corrected chi connectivity index (χ4v) is 4.11. The van der Waals surface area contributed by atoms with Crippen LogP contribution in [0.2, 0.25) is 5.02 Å². The van der Waals surface area contributed by atoms with E-state index in [1.165, 1.54) is 32.6 Å². The number of halogens is 1. The van der Waals surface area contributed by atoms with E-state index in [1.54, 1.807) is 24.3 Å². The Morgan fingerprint density at radius 3 is 2.12 bits per heavy atom. The van der Waals surface area contributed by atoms with Crippen LogP contribution in [-0.4, -0.2) is 45.2 Å². The van der Waals surface area contributed by atoms with Gasteiger partial charge in [-0.05, 0) is 48.9 Å². The predicted octanol–water partition coefficient (Wildman–Crippen LogP) is 3.62. The van der Waals surface area contributed by atoms with Crippen molar-refractivity contribution in [1.29, 1.82) is 0 Å². The Balaban J connectivity index is 1.95. The molecule has 2 aromatic rings. The third-order valence-corrected chi connectivity index (χ3v) is 6.92. The maximum Gasteiger partial charge on any atom is 0.269 e. The third kappa shape index (κ3) is 6.94. The highest BCUT2D eigenvalue weighted by Crippen LogP contribution is 2.24. The summed E-state index contributed by atoms with van der Waals surface area (Å²) in [6.07, 6.45) is 4.43. The summed E-state index contributed by atoms with van der Waals surface area (Å²) in [6, 6.07) is 10.4. The second-order valence-electron chi connectivity index (χ2n) is 7.27. The van der Waals surface area contributed by atoms with Crippen molar-refractivity contribution in [3.63, 3.8) is 0 Å². The van der Waals surface area contributed by atoms with Crippen molar-refractivity contribution < 1.29 is 22.7 Å². The number of ether oxygens (including phenoxy) is 1. The zero-order valence-electron chi connectivity index (χ0n) is 18.4. The van der Waals surface area contributed by atoms with E-state index in [4.69, 9.17) is 16.3 Å². The van der Waals surface area contributed by atoms with Crippen LogP contribution >= 0.6 is 11.6 Å². The highest BCUT2D eigenvalue weighted by Gasteiger charge is 2.22. The number of nitrogens with one attached hydrogen (secondary N) is 2. The van der Waals surface area contributed by atoms with Crippen molar-refractivity contribution in [2.24, 2.45) is 0 Å². The van der Waals surface area contributed by atoms with Gasteiger partial charge in [0, 0.05) is 25.2 Å². The van der Waals surface area contributed by atoms with Crippen molar-refractivity contribution in [3.05, 3.63) is 58.6 Å². The Bertz CT molecular complexity index is 1040. The molecule has 0 radical (unpaired) electrons. The molecule has 0 aromatic heterocycles. The van der Waals surface area contributed by atoms with Crippen LogP contribution in [0.25, 0.3) is 0 Å². The lowest BCUT2D eigenvalue weighted by Crippen LogP contribution is -2.41. The van der Waals surface area contributed by atoms with Crippen LogP contribution in [0.1, 0.15) is 53.3 Å². The Morgan fingerprint density at radius 1 is 0.938 bits per heavy atom. The summed E-state index contributed by atoms with van der Waals surface area (Å²) in [6.45, 7) is 2.77. The normalized spacial score (nSPS) is 11.3. The van der Waals surface area contributed by atoms with Crippen molar-refractivity contribution in [3.8, 4) is 5.75 Å². The Hall–Kier alpha value is -2.62. The van der Waals surface area contributed by atoms with Gasteiger partial charge in [-0.15, -0.1) is 0 Å². The number of nitrogens with zero attached hydrogens (tertiary/aromatic N) is 1. The molecule has 8 nitrogen and oxygen atoms in total. The fourth-order valence-electron chi connectivity index (χ4n) is 2.72. The van der Waals surface area contributed by atoms with Gasteiger partial charge in [0.1, 0.15) is 10.6 Å². The summed E-state index contributed by atoms with van der Waals surface area (Å²) < 4.78 is 31.3. The van der Waals surface area contributed by atoms with Crippen LogP contribution in [-0.2, 0) is 10.0 Å². The number of rotatable bonds is 10. The zero-order chi connectivity index (χ0) is 23.7. The zero-order valence-corrected chi connectivity index (χ0v) is 19.9. The topological polar surface area (TPSA) is 105 Å². The molecule has 2 rings (SSSR count). The molecule has 0 unspecified atom stereocenters. The lowest BCUT2D eigenvalue weighted by molar-refractivity contribution is 0.0846. The van der Waals surface area contributed by atoms with E-state index < -0.39 is 21.8 Å². The van der Waals surface area contributed by atoms with Gasteiger partial charge in [-0.2, -0.15) is 0 Å². The van der Waals surface area contributed by atoms with Crippen molar-refractivity contribution in [1.82, 2.24) is 15.2 Å². The van der Waals surface area contributed by atoms with E-state index in [-0.39, 0.29) is 15.5 Å². The summed E-state index contributed by atoms with van der Waals surface area (Å²) in [5.41, 5.74) is 4.94. The molecule has 2 aromatic carbocycles. The number of sulfonamides is 1. The summed E-state index contributed by atoms with van der Waals surface area (Å²) in [7, 11) is -1.11. The van der Waals surface area contributed by atoms with Gasteiger partial charge in [-0.3, -0.25) is 20.4 Å². The van der Waals surface area contributed by atoms with Gasteiger partial charge in [-0.1, -0.05) is 37.8 Å².